The molecular formula is C14H14BN. The zero-order valence-electron chi connectivity index (χ0n) is 9.19. The summed E-state index contributed by atoms with van der Waals surface area (Å²) in [6.45, 7) is 0. The van der Waals surface area contributed by atoms with Crippen molar-refractivity contribution in [3.63, 3.8) is 0 Å². The van der Waals surface area contributed by atoms with E-state index in [9.17, 15) is 0 Å². The maximum Gasteiger partial charge on any atom is 0.162 e. The van der Waals surface area contributed by atoms with Crippen LogP contribution in [0.1, 0.15) is 11.1 Å². The van der Waals surface area contributed by atoms with Crippen LogP contribution in [0, 0.1) is 5.41 Å². The largest absolute Gasteiger partial charge is 0.308 e. The van der Waals surface area contributed by atoms with Gasteiger partial charge in [-0.15, -0.1) is 0 Å². The summed E-state index contributed by atoms with van der Waals surface area (Å²) in [5, 5.41) is 7.13. The fourth-order valence-corrected chi connectivity index (χ4v) is 1.71. The lowest BCUT2D eigenvalue weighted by Gasteiger charge is -2.01. The number of hydrogen-bond acceptors (Lipinski definition) is 1. The minimum Gasteiger partial charge on any atom is -0.308 e. The van der Waals surface area contributed by atoms with E-state index in [1.165, 1.54) is 17.2 Å². The van der Waals surface area contributed by atoms with Crippen LogP contribution in [-0.2, 0) is 6.32 Å². The van der Waals surface area contributed by atoms with Gasteiger partial charge < -0.3 is 5.41 Å². The van der Waals surface area contributed by atoms with Crippen LogP contribution in [0.3, 0.4) is 0 Å². The highest BCUT2D eigenvalue weighted by Gasteiger charge is 1.97. The fraction of sp³-hybridized carbons (Fsp3) is 0.0714. The van der Waals surface area contributed by atoms with Crippen molar-refractivity contribution >= 4 is 19.0 Å². The summed E-state index contributed by atoms with van der Waals surface area (Å²) in [5.74, 6) is 0. The molecule has 1 nitrogen and oxygen atoms in total. The highest BCUT2D eigenvalue weighted by atomic mass is 14.3. The van der Waals surface area contributed by atoms with Gasteiger partial charge in [-0.1, -0.05) is 65.6 Å². The first-order chi connectivity index (χ1) is 7.88. The van der Waals surface area contributed by atoms with E-state index in [0.717, 1.165) is 19.2 Å². The molecule has 1 N–H and O–H groups in total. The number of benzene rings is 2. The number of rotatable bonds is 4. The van der Waals surface area contributed by atoms with Crippen molar-refractivity contribution in [2.45, 2.75) is 6.32 Å². The zero-order valence-corrected chi connectivity index (χ0v) is 9.19. The lowest BCUT2D eigenvalue weighted by atomic mass is 9.65. The minimum absolute atomic E-state index is 0.962. The van der Waals surface area contributed by atoms with Crippen LogP contribution in [-0.4, -0.2) is 13.5 Å². The average molecular weight is 207 g/mol. The lowest BCUT2D eigenvalue weighted by molar-refractivity contribution is 1.38. The van der Waals surface area contributed by atoms with Gasteiger partial charge in [-0.05, 0) is 11.9 Å². The van der Waals surface area contributed by atoms with E-state index >= 15 is 0 Å². The summed E-state index contributed by atoms with van der Waals surface area (Å²) in [6, 6.07) is 18.7. The molecule has 0 atom stereocenters. The molecule has 2 heteroatoms. The van der Waals surface area contributed by atoms with E-state index in [1.807, 2.05) is 18.2 Å². The van der Waals surface area contributed by atoms with Gasteiger partial charge in [0.15, 0.2) is 7.28 Å². The Morgan fingerprint density at radius 2 is 1.62 bits per heavy atom. The highest BCUT2D eigenvalue weighted by molar-refractivity contribution is 6.52. The Kier molecular flexibility index (Phi) is 3.55. The Morgan fingerprint density at radius 1 is 0.938 bits per heavy atom. The third kappa shape index (κ3) is 2.83. The predicted molar refractivity (Wildman–Crippen MR) is 71.3 cm³/mol. The second kappa shape index (κ2) is 5.31. The Morgan fingerprint density at radius 3 is 2.25 bits per heavy atom. The van der Waals surface area contributed by atoms with Gasteiger partial charge in [0.05, 0.1) is 0 Å². The van der Waals surface area contributed by atoms with Crippen molar-refractivity contribution in [1.82, 2.24) is 0 Å². The maximum absolute atomic E-state index is 7.13. The number of nitrogens with one attached hydrogen (secondary N) is 1. The van der Waals surface area contributed by atoms with E-state index in [1.54, 1.807) is 0 Å². The molecule has 0 aliphatic carbocycles. The molecular weight excluding hydrogens is 193 g/mol. The molecule has 0 radical (unpaired) electrons. The fourth-order valence-electron chi connectivity index (χ4n) is 1.71. The molecule has 0 fully saturated rings. The first kappa shape index (κ1) is 10.7. The molecule has 0 saturated carbocycles. The Bertz CT molecular complexity index is 448. The molecule has 0 unspecified atom stereocenters. The van der Waals surface area contributed by atoms with Gasteiger partial charge in [0.1, 0.15) is 0 Å². The van der Waals surface area contributed by atoms with Crippen LogP contribution in [0.25, 0.3) is 0 Å². The van der Waals surface area contributed by atoms with Gasteiger partial charge in [-0.2, -0.15) is 0 Å². The van der Waals surface area contributed by atoms with Crippen LogP contribution in [0.2, 0.25) is 0 Å². The molecule has 78 valence electrons. The molecule has 0 bridgehead atoms. The van der Waals surface area contributed by atoms with E-state index in [0.29, 0.717) is 0 Å². The van der Waals surface area contributed by atoms with Crippen molar-refractivity contribution in [1.29, 1.82) is 5.41 Å². The molecule has 0 amide bonds. The van der Waals surface area contributed by atoms with E-state index in [2.05, 4.69) is 36.4 Å². The molecule has 0 spiro atoms. The van der Waals surface area contributed by atoms with E-state index in [-0.39, 0.29) is 0 Å². The van der Waals surface area contributed by atoms with Crippen molar-refractivity contribution in [3.8, 4) is 0 Å². The van der Waals surface area contributed by atoms with Crippen molar-refractivity contribution in [2.75, 3.05) is 0 Å². The lowest BCUT2D eigenvalue weighted by Crippen LogP contribution is -2.15. The summed E-state index contributed by atoms with van der Waals surface area (Å²) >= 11 is 0. The first-order valence-electron chi connectivity index (χ1n) is 5.52. The molecule has 0 aromatic heterocycles. The van der Waals surface area contributed by atoms with E-state index < -0.39 is 0 Å². The van der Waals surface area contributed by atoms with Crippen molar-refractivity contribution in [2.24, 2.45) is 0 Å². The normalized spacial score (nSPS) is 9.75. The third-order valence-corrected chi connectivity index (χ3v) is 2.69. The van der Waals surface area contributed by atoms with Crippen LogP contribution in [0.4, 0.5) is 0 Å². The van der Waals surface area contributed by atoms with Crippen LogP contribution >= 0.6 is 0 Å². The SMILES string of the molecule is N=Cc1ccc(CBc2ccccc2)cc1. The molecule has 0 saturated heterocycles. The Balaban J connectivity index is 1.97. The highest BCUT2D eigenvalue weighted by Crippen LogP contribution is 2.02. The van der Waals surface area contributed by atoms with Crippen molar-refractivity contribution < 1.29 is 0 Å². The molecule has 0 aliphatic heterocycles. The monoisotopic (exact) mass is 207 g/mol. The molecule has 0 aliphatic rings. The zero-order chi connectivity index (χ0) is 11.2. The standard InChI is InChI=1S/C14H14BN/c16-11-13-8-6-12(7-9-13)10-15-14-4-2-1-3-5-14/h1-9,11,15-16H,10H2. The molecule has 16 heavy (non-hydrogen) atoms. The summed E-state index contributed by atoms with van der Waals surface area (Å²) in [4.78, 5) is 0. The van der Waals surface area contributed by atoms with Gasteiger partial charge in [0.25, 0.3) is 0 Å². The second-order valence-electron chi connectivity index (χ2n) is 3.87. The van der Waals surface area contributed by atoms with E-state index in [4.69, 9.17) is 5.41 Å². The van der Waals surface area contributed by atoms with Crippen LogP contribution in [0.15, 0.2) is 54.6 Å². The molecule has 2 aromatic rings. The molecule has 2 rings (SSSR count). The van der Waals surface area contributed by atoms with Gasteiger partial charge >= 0.3 is 0 Å². The quantitative estimate of drug-likeness (QED) is 0.585. The number of hydrogen-bond donors (Lipinski definition) is 1. The van der Waals surface area contributed by atoms with Gasteiger partial charge in [-0.25, -0.2) is 0 Å². The summed E-state index contributed by atoms with van der Waals surface area (Å²) < 4.78 is 0. The van der Waals surface area contributed by atoms with Gasteiger partial charge in [-0.3, -0.25) is 0 Å². The third-order valence-electron chi connectivity index (χ3n) is 2.69. The summed E-state index contributed by atoms with van der Waals surface area (Å²) in [7, 11) is 1.07. The molecule has 0 heterocycles. The van der Waals surface area contributed by atoms with Gasteiger partial charge in [0.2, 0.25) is 0 Å². The Labute approximate surface area is 96.9 Å². The first-order valence-corrected chi connectivity index (χ1v) is 5.52. The average Bonchev–Trinajstić information content (AvgIpc) is 2.38. The maximum atomic E-state index is 7.13. The van der Waals surface area contributed by atoms with Gasteiger partial charge in [0, 0.05) is 6.21 Å². The van der Waals surface area contributed by atoms with Crippen LogP contribution < -0.4 is 5.46 Å². The second-order valence-corrected chi connectivity index (χ2v) is 3.87. The van der Waals surface area contributed by atoms with Crippen LogP contribution in [0.5, 0.6) is 0 Å². The summed E-state index contributed by atoms with van der Waals surface area (Å²) in [6.07, 6.45) is 2.43. The summed E-state index contributed by atoms with van der Waals surface area (Å²) in [5.41, 5.74) is 3.66. The topological polar surface area (TPSA) is 23.9 Å². The Hall–Kier alpha value is -1.83. The minimum atomic E-state index is 0.962. The van der Waals surface area contributed by atoms with Crippen molar-refractivity contribution in [3.05, 3.63) is 65.7 Å². The predicted octanol–water partition coefficient (Wildman–Crippen LogP) is 1.95. The smallest absolute Gasteiger partial charge is 0.162 e. The molecule has 2 aromatic carbocycles.